The van der Waals surface area contributed by atoms with Gasteiger partial charge in [-0.1, -0.05) is 0 Å². The number of aromatic nitrogens is 2. The van der Waals surface area contributed by atoms with Gasteiger partial charge in [-0.25, -0.2) is 18.4 Å². The van der Waals surface area contributed by atoms with Crippen LogP contribution in [0.25, 0.3) is 20.8 Å². The van der Waals surface area contributed by atoms with Crippen molar-refractivity contribution in [3.63, 3.8) is 0 Å². The summed E-state index contributed by atoms with van der Waals surface area (Å²) in [4.78, 5) is 11.5. The number of rotatable bonds is 4. The number of nitrogens with one attached hydrogen (secondary N) is 2. The summed E-state index contributed by atoms with van der Waals surface area (Å²) < 4.78 is 26.2. The van der Waals surface area contributed by atoms with Gasteiger partial charge in [-0.3, -0.25) is 4.72 Å². The normalized spacial score (nSPS) is 15.3. The Labute approximate surface area is 156 Å². The molecule has 2 N–H and O–H groups in total. The van der Waals surface area contributed by atoms with Gasteiger partial charge >= 0.3 is 0 Å². The Hall–Kier alpha value is -2.23. The van der Waals surface area contributed by atoms with Gasteiger partial charge in [0.05, 0.1) is 22.2 Å². The van der Waals surface area contributed by atoms with E-state index in [0.29, 0.717) is 5.69 Å². The lowest BCUT2D eigenvalue weighted by Crippen LogP contribution is -2.43. The molecular weight excluding hydrogens is 370 g/mol. The third-order valence-electron chi connectivity index (χ3n) is 4.13. The number of pyridine rings is 1. The summed E-state index contributed by atoms with van der Waals surface area (Å²) in [6.45, 7) is 3.88. The zero-order valence-electron chi connectivity index (χ0n) is 14.3. The maximum atomic E-state index is 11.4. The van der Waals surface area contributed by atoms with Crippen molar-refractivity contribution >= 4 is 43.1 Å². The SMILES string of the molecule is CS(=O)(=O)Nc1ccc2nc(-c3ccc(N4CCNCC4)nc3)sc2c1. The highest BCUT2D eigenvalue weighted by Gasteiger charge is 2.13. The molecule has 1 aliphatic rings. The van der Waals surface area contributed by atoms with E-state index in [1.54, 1.807) is 12.1 Å². The molecule has 3 aromatic rings. The van der Waals surface area contributed by atoms with Crippen LogP contribution in [-0.4, -0.2) is 50.8 Å². The Kier molecular flexibility index (Phi) is 4.51. The first kappa shape index (κ1) is 17.2. The molecule has 0 spiro atoms. The lowest BCUT2D eigenvalue weighted by Gasteiger charge is -2.28. The van der Waals surface area contributed by atoms with Crippen molar-refractivity contribution in [1.29, 1.82) is 0 Å². The molecule has 0 saturated carbocycles. The summed E-state index contributed by atoms with van der Waals surface area (Å²) in [5.41, 5.74) is 2.35. The van der Waals surface area contributed by atoms with Gasteiger partial charge in [0.1, 0.15) is 10.8 Å². The minimum absolute atomic E-state index is 0.544. The number of sulfonamides is 1. The fourth-order valence-corrected chi connectivity index (χ4v) is 4.47. The predicted octanol–water partition coefficient (Wildman–Crippen LogP) is 2.14. The smallest absolute Gasteiger partial charge is 0.229 e. The molecule has 0 radical (unpaired) electrons. The highest BCUT2D eigenvalue weighted by atomic mass is 32.2. The average Bonchev–Trinajstić information content (AvgIpc) is 3.04. The minimum Gasteiger partial charge on any atom is -0.354 e. The van der Waals surface area contributed by atoms with E-state index in [1.807, 2.05) is 24.4 Å². The van der Waals surface area contributed by atoms with Gasteiger partial charge in [-0.05, 0) is 30.3 Å². The van der Waals surface area contributed by atoms with Crippen LogP contribution in [0.4, 0.5) is 11.5 Å². The van der Waals surface area contributed by atoms with Crippen molar-refractivity contribution in [1.82, 2.24) is 15.3 Å². The molecule has 0 bridgehead atoms. The van der Waals surface area contributed by atoms with Crippen molar-refractivity contribution in [2.75, 3.05) is 42.1 Å². The van der Waals surface area contributed by atoms with Crippen molar-refractivity contribution in [3.05, 3.63) is 36.5 Å². The van der Waals surface area contributed by atoms with Gasteiger partial charge in [-0.2, -0.15) is 0 Å². The van der Waals surface area contributed by atoms with Crippen LogP contribution in [0.5, 0.6) is 0 Å². The molecule has 0 atom stereocenters. The maximum absolute atomic E-state index is 11.4. The molecule has 0 aliphatic carbocycles. The maximum Gasteiger partial charge on any atom is 0.229 e. The minimum atomic E-state index is -3.29. The van der Waals surface area contributed by atoms with Crippen LogP contribution in [0.3, 0.4) is 0 Å². The Bertz CT molecular complexity index is 1020. The van der Waals surface area contributed by atoms with Crippen LogP contribution < -0.4 is 14.9 Å². The summed E-state index contributed by atoms with van der Waals surface area (Å²) in [5.74, 6) is 0.982. The van der Waals surface area contributed by atoms with Crippen LogP contribution >= 0.6 is 11.3 Å². The molecule has 2 aromatic heterocycles. The van der Waals surface area contributed by atoms with E-state index >= 15 is 0 Å². The van der Waals surface area contributed by atoms with Crippen LogP contribution in [0, 0.1) is 0 Å². The van der Waals surface area contributed by atoms with Crippen molar-refractivity contribution < 1.29 is 8.42 Å². The number of benzene rings is 1. The van der Waals surface area contributed by atoms with E-state index in [9.17, 15) is 8.42 Å². The summed E-state index contributed by atoms with van der Waals surface area (Å²) >= 11 is 1.52. The molecule has 26 heavy (non-hydrogen) atoms. The second kappa shape index (κ2) is 6.82. The second-order valence-corrected chi connectivity index (χ2v) is 9.00. The van der Waals surface area contributed by atoms with E-state index in [-0.39, 0.29) is 0 Å². The van der Waals surface area contributed by atoms with Crippen LogP contribution in [0.1, 0.15) is 0 Å². The molecule has 9 heteroatoms. The molecule has 7 nitrogen and oxygen atoms in total. The fraction of sp³-hybridized carbons (Fsp3) is 0.294. The topological polar surface area (TPSA) is 87.2 Å². The lowest BCUT2D eigenvalue weighted by atomic mass is 10.2. The van der Waals surface area contributed by atoms with E-state index in [2.05, 4.69) is 24.9 Å². The number of anilines is 2. The van der Waals surface area contributed by atoms with Crippen LogP contribution in [0.15, 0.2) is 36.5 Å². The molecular formula is C17H19N5O2S2. The monoisotopic (exact) mass is 389 g/mol. The number of thiazole rings is 1. The first-order valence-electron chi connectivity index (χ1n) is 8.28. The highest BCUT2D eigenvalue weighted by molar-refractivity contribution is 7.92. The zero-order valence-corrected chi connectivity index (χ0v) is 15.9. The lowest BCUT2D eigenvalue weighted by molar-refractivity contribution is 0.585. The largest absolute Gasteiger partial charge is 0.354 e. The third-order valence-corrected chi connectivity index (χ3v) is 5.80. The fourth-order valence-electron chi connectivity index (χ4n) is 2.92. The van der Waals surface area contributed by atoms with Gasteiger partial charge in [-0.15, -0.1) is 11.3 Å². The third kappa shape index (κ3) is 3.79. The van der Waals surface area contributed by atoms with Crippen molar-refractivity contribution in [2.45, 2.75) is 0 Å². The second-order valence-electron chi connectivity index (χ2n) is 6.22. The van der Waals surface area contributed by atoms with Crippen LogP contribution in [-0.2, 0) is 10.0 Å². The van der Waals surface area contributed by atoms with Crippen molar-refractivity contribution in [2.24, 2.45) is 0 Å². The van der Waals surface area contributed by atoms with E-state index < -0.39 is 10.0 Å². The predicted molar refractivity (Wildman–Crippen MR) is 106 cm³/mol. The number of fused-ring (bicyclic) bond motifs is 1. The van der Waals surface area contributed by atoms with Crippen molar-refractivity contribution in [3.8, 4) is 10.6 Å². The number of piperazine rings is 1. The number of nitrogens with zero attached hydrogens (tertiary/aromatic N) is 3. The average molecular weight is 390 g/mol. The van der Waals surface area contributed by atoms with Gasteiger partial charge in [0.15, 0.2) is 0 Å². The van der Waals surface area contributed by atoms with Crippen LogP contribution in [0.2, 0.25) is 0 Å². The Balaban J connectivity index is 1.59. The quantitative estimate of drug-likeness (QED) is 0.711. The molecule has 0 amide bonds. The van der Waals surface area contributed by atoms with Gasteiger partial charge in [0.2, 0.25) is 10.0 Å². The van der Waals surface area contributed by atoms with Gasteiger partial charge in [0, 0.05) is 37.9 Å². The molecule has 4 rings (SSSR count). The summed E-state index contributed by atoms with van der Waals surface area (Å²) in [7, 11) is -3.29. The van der Waals surface area contributed by atoms with Gasteiger partial charge < -0.3 is 10.2 Å². The van der Waals surface area contributed by atoms with E-state index in [0.717, 1.165) is 59.0 Å². The summed E-state index contributed by atoms with van der Waals surface area (Å²) in [6, 6.07) is 9.42. The molecule has 3 heterocycles. The first-order chi connectivity index (χ1) is 12.5. The number of hydrogen-bond acceptors (Lipinski definition) is 7. The Morgan fingerprint density at radius 3 is 2.69 bits per heavy atom. The Morgan fingerprint density at radius 1 is 1.19 bits per heavy atom. The molecule has 136 valence electrons. The molecule has 1 aromatic carbocycles. The molecule has 0 unspecified atom stereocenters. The van der Waals surface area contributed by atoms with E-state index in [4.69, 9.17) is 0 Å². The standard InChI is InChI=1S/C17H19N5O2S2/c1-26(23,24)21-13-3-4-14-15(10-13)25-17(20-14)12-2-5-16(19-11-12)22-8-6-18-7-9-22/h2-5,10-11,18,21H,6-9H2,1H3. The molecule has 1 saturated heterocycles. The first-order valence-corrected chi connectivity index (χ1v) is 11.0. The summed E-state index contributed by atoms with van der Waals surface area (Å²) in [5, 5.41) is 4.21. The Morgan fingerprint density at radius 2 is 2.00 bits per heavy atom. The summed E-state index contributed by atoms with van der Waals surface area (Å²) in [6.07, 6.45) is 2.99. The number of hydrogen-bond donors (Lipinski definition) is 2. The van der Waals surface area contributed by atoms with E-state index in [1.165, 1.54) is 11.3 Å². The molecule has 1 fully saturated rings. The van der Waals surface area contributed by atoms with Gasteiger partial charge in [0.25, 0.3) is 0 Å². The molecule has 1 aliphatic heterocycles. The highest BCUT2D eigenvalue weighted by Crippen LogP contribution is 2.32. The zero-order chi connectivity index (χ0) is 18.1.